The average molecular weight is 440 g/mol. The summed E-state index contributed by atoms with van der Waals surface area (Å²) in [6.45, 7) is 14.2. The van der Waals surface area contributed by atoms with Crippen molar-refractivity contribution in [3.63, 3.8) is 0 Å². The highest BCUT2D eigenvalue weighted by Crippen LogP contribution is 2.38. The highest BCUT2D eigenvalue weighted by molar-refractivity contribution is 6.29. The van der Waals surface area contributed by atoms with Gasteiger partial charge in [0.15, 0.2) is 11.0 Å². The third kappa shape index (κ3) is 4.88. The van der Waals surface area contributed by atoms with Crippen LogP contribution in [0.2, 0.25) is 5.15 Å². The first kappa shape index (κ1) is 22.4. The summed E-state index contributed by atoms with van der Waals surface area (Å²) < 4.78 is 11.1. The van der Waals surface area contributed by atoms with Gasteiger partial charge in [0.25, 0.3) is 0 Å². The zero-order chi connectivity index (χ0) is 22.4. The fraction of sp³-hybridized carbons (Fsp3) is 0.700. The lowest BCUT2D eigenvalue weighted by atomic mass is 10.0. The molecule has 0 spiro atoms. The minimum Gasteiger partial charge on any atom is -0.444 e. The van der Waals surface area contributed by atoms with Gasteiger partial charge in [-0.25, -0.2) is 9.59 Å². The molecule has 0 bridgehead atoms. The van der Waals surface area contributed by atoms with Crippen molar-refractivity contribution in [2.75, 3.05) is 29.4 Å². The largest absolute Gasteiger partial charge is 0.444 e. The predicted octanol–water partition coefficient (Wildman–Crippen LogP) is 3.70. The predicted molar refractivity (Wildman–Crippen MR) is 114 cm³/mol. The van der Waals surface area contributed by atoms with Gasteiger partial charge in [-0.1, -0.05) is 11.6 Å². The van der Waals surface area contributed by atoms with E-state index in [-0.39, 0.29) is 23.3 Å². The Morgan fingerprint density at radius 2 is 1.60 bits per heavy atom. The van der Waals surface area contributed by atoms with Crippen LogP contribution in [0.1, 0.15) is 48.5 Å². The van der Waals surface area contributed by atoms with E-state index in [4.69, 9.17) is 21.1 Å². The van der Waals surface area contributed by atoms with Gasteiger partial charge in [-0.05, 0) is 48.5 Å². The molecule has 2 atom stereocenters. The Morgan fingerprint density at radius 3 is 2.20 bits per heavy atom. The third-order valence-electron chi connectivity index (χ3n) is 4.77. The molecule has 30 heavy (non-hydrogen) atoms. The van der Waals surface area contributed by atoms with Crippen molar-refractivity contribution in [1.82, 2.24) is 15.1 Å². The van der Waals surface area contributed by atoms with Crippen LogP contribution in [0.3, 0.4) is 0 Å². The van der Waals surface area contributed by atoms with E-state index in [0.29, 0.717) is 31.1 Å². The molecule has 0 N–H and O–H groups in total. The van der Waals surface area contributed by atoms with E-state index in [1.165, 1.54) is 4.90 Å². The molecule has 10 heteroatoms. The smallest absolute Gasteiger partial charge is 0.416 e. The summed E-state index contributed by atoms with van der Waals surface area (Å²) in [6, 6.07) is 1.45. The van der Waals surface area contributed by atoms with Crippen molar-refractivity contribution in [3.05, 3.63) is 11.2 Å². The standard InChI is InChI=1S/C20H30ClN5O4/c1-12-9-25-13(10-24(12)17(27)29-19(2,3)4)11-26(18(28)30-20(5,6)7)16-14(25)8-15(21)22-23-16/h8,12-13H,9-11H2,1-7H3. The van der Waals surface area contributed by atoms with Crippen molar-refractivity contribution in [3.8, 4) is 0 Å². The quantitative estimate of drug-likeness (QED) is 0.608. The summed E-state index contributed by atoms with van der Waals surface area (Å²) in [6.07, 6.45) is -0.877. The van der Waals surface area contributed by atoms with E-state index in [9.17, 15) is 9.59 Å². The third-order valence-corrected chi connectivity index (χ3v) is 4.95. The van der Waals surface area contributed by atoms with Crippen LogP contribution in [0.4, 0.5) is 21.1 Å². The number of rotatable bonds is 0. The van der Waals surface area contributed by atoms with Crippen LogP contribution in [0.25, 0.3) is 0 Å². The van der Waals surface area contributed by atoms with E-state index >= 15 is 0 Å². The lowest BCUT2D eigenvalue weighted by Gasteiger charge is -2.50. The lowest BCUT2D eigenvalue weighted by Crippen LogP contribution is -2.65. The summed E-state index contributed by atoms with van der Waals surface area (Å²) in [5.41, 5.74) is -0.538. The number of hydrogen-bond acceptors (Lipinski definition) is 7. The van der Waals surface area contributed by atoms with Crippen LogP contribution in [0.15, 0.2) is 6.07 Å². The van der Waals surface area contributed by atoms with Gasteiger partial charge < -0.3 is 19.3 Å². The Balaban J connectivity index is 1.91. The van der Waals surface area contributed by atoms with E-state index in [1.54, 1.807) is 11.0 Å². The number of amides is 2. The number of halogens is 1. The molecule has 1 aromatic heterocycles. The maximum Gasteiger partial charge on any atom is 0.416 e. The minimum absolute atomic E-state index is 0.0935. The molecule has 2 aliphatic rings. The first-order chi connectivity index (χ1) is 13.7. The van der Waals surface area contributed by atoms with Gasteiger partial charge in [0.2, 0.25) is 0 Å². The zero-order valence-corrected chi connectivity index (χ0v) is 19.4. The van der Waals surface area contributed by atoms with Gasteiger partial charge in [0, 0.05) is 25.2 Å². The molecule has 0 saturated carbocycles. The van der Waals surface area contributed by atoms with Crippen LogP contribution in [0.5, 0.6) is 0 Å². The first-order valence-electron chi connectivity index (χ1n) is 10.0. The maximum atomic E-state index is 12.9. The van der Waals surface area contributed by atoms with Gasteiger partial charge >= 0.3 is 12.2 Å². The average Bonchev–Trinajstić information content (AvgIpc) is 2.57. The van der Waals surface area contributed by atoms with Crippen LogP contribution in [-0.4, -0.2) is 70.2 Å². The molecular weight excluding hydrogens is 410 g/mol. The van der Waals surface area contributed by atoms with Gasteiger partial charge in [-0.3, -0.25) is 4.90 Å². The minimum atomic E-state index is -0.655. The van der Waals surface area contributed by atoms with Crippen LogP contribution in [0, 0.1) is 0 Å². The molecule has 166 valence electrons. The maximum absolute atomic E-state index is 12.9. The van der Waals surface area contributed by atoms with Crippen molar-refractivity contribution in [2.45, 2.75) is 71.8 Å². The normalized spacial score (nSPS) is 21.7. The van der Waals surface area contributed by atoms with Crippen LogP contribution in [-0.2, 0) is 9.47 Å². The molecule has 1 fully saturated rings. The molecular formula is C20H30ClN5O4. The number of anilines is 2. The van der Waals surface area contributed by atoms with Gasteiger partial charge in [-0.15, -0.1) is 10.2 Å². The number of piperazine rings is 1. The Morgan fingerprint density at radius 1 is 1.00 bits per heavy atom. The molecule has 2 unspecified atom stereocenters. The molecule has 3 heterocycles. The van der Waals surface area contributed by atoms with Gasteiger partial charge in [-0.2, -0.15) is 0 Å². The molecule has 0 aliphatic carbocycles. The first-order valence-corrected chi connectivity index (χ1v) is 10.4. The fourth-order valence-corrected chi connectivity index (χ4v) is 3.74. The van der Waals surface area contributed by atoms with Crippen molar-refractivity contribution >= 4 is 35.3 Å². The number of carbonyl (C=O) groups is 2. The number of carbonyl (C=O) groups excluding carboxylic acids is 2. The monoisotopic (exact) mass is 439 g/mol. The zero-order valence-electron chi connectivity index (χ0n) is 18.6. The van der Waals surface area contributed by atoms with Crippen molar-refractivity contribution < 1.29 is 19.1 Å². The Hall–Kier alpha value is -2.29. The van der Waals surface area contributed by atoms with E-state index in [0.717, 1.165) is 0 Å². The number of ether oxygens (including phenoxy) is 2. The second kappa shape index (κ2) is 7.76. The van der Waals surface area contributed by atoms with Gasteiger partial charge in [0.05, 0.1) is 18.3 Å². The number of hydrogen-bond donors (Lipinski definition) is 0. The second-order valence-electron chi connectivity index (χ2n) is 9.75. The summed E-state index contributed by atoms with van der Waals surface area (Å²) in [5.74, 6) is 0.405. The van der Waals surface area contributed by atoms with E-state index < -0.39 is 17.3 Å². The van der Waals surface area contributed by atoms with E-state index in [1.807, 2.05) is 48.5 Å². The summed E-state index contributed by atoms with van der Waals surface area (Å²) >= 11 is 6.11. The molecule has 0 aromatic carbocycles. The summed E-state index contributed by atoms with van der Waals surface area (Å²) in [7, 11) is 0. The topological polar surface area (TPSA) is 88.1 Å². The number of aromatic nitrogens is 2. The molecule has 2 aliphatic heterocycles. The van der Waals surface area contributed by atoms with E-state index in [2.05, 4.69) is 15.1 Å². The number of fused-ring (bicyclic) bond motifs is 3. The highest BCUT2D eigenvalue weighted by Gasteiger charge is 2.43. The fourth-order valence-electron chi connectivity index (χ4n) is 3.60. The molecule has 9 nitrogen and oxygen atoms in total. The Bertz CT molecular complexity index is 835. The van der Waals surface area contributed by atoms with Crippen molar-refractivity contribution in [2.24, 2.45) is 0 Å². The summed E-state index contributed by atoms with van der Waals surface area (Å²) in [4.78, 5) is 30.9. The van der Waals surface area contributed by atoms with Crippen LogP contribution < -0.4 is 9.80 Å². The summed E-state index contributed by atoms with van der Waals surface area (Å²) in [5, 5.41) is 8.32. The molecule has 1 aromatic rings. The Labute approximate surface area is 182 Å². The second-order valence-corrected chi connectivity index (χ2v) is 10.1. The lowest BCUT2D eigenvalue weighted by molar-refractivity contribution is 0.0124. The van der Waals surface area contributed by atoms with Gasteiger partial charge in [0.1, 0.15) is 11.2 Å². The Kier molecular flexibility index (Phi) is 5.79. The van der Waals surface area contributed by atoms with Crippen molar-refractivity contribution in [1.29, 1.82) is 0 Å². The highest BCUT2D eigenvalue weighted by atomic mass is 35.5. The molecule has 2 amide bonds. The molecule has 3 rings (SSSR count). The SMILES string of the molecule is CC1CN2c3cc(Cl)nnc3N(C(=O)OC(C)(C)C)CC2CN1C(=O)OC(C)(C)C. The molecule has 0 radical (unpaired) electrons. The van der Waals surface area contributed by atoms with Crippen LogP contribution >= 0.6 is 11.6 Å². The number of nitrogens with zero attached hydrogens (tertiary/aromatic N) is 5. The molecule has 1 saturated heterocycles.